The first-order valence-electron chi connectivity index (χ1n) is 3.83. The van der Waals surface area contributed by atoms with Crippen molar-refractivity contribution in [3.05, 3.63) is 29.8 Å². The Morgan fingerprint density at radius 2 is 2.00 bits per heavy atom. The predicted octanol–water partition coefficient (Wildman–Crippen LogP) is 2.09. The minimum absolute atomic E-state index is 0.0515. The number of ether oxygens (including phenoxy) is 1. The number of hydrogen-bond acceptors (Lipinski definition) is 3. The van der Waals surface area contributed by atoms with Gasteiger partial charge in [-0.1, -0.05) is 12.1 Å². The summed E-state index contributed by atoms with van der Waals surface area (Å²) >= 11 is 0. The topological polar surface area (TPSA) is 43.4 Å². The van der Waals surface area contributed by atoms with E-state index in [1.807, 2.05) is 0 Å². The second kappa shape index (κ2) is 4.52. The number of rotatable bonds is 4. The highest BCUT2D eigenvalue weighted by Crippen LogP contribution is 2.17. The van der Waals surface area contributed by atoms with Crippen LogP contribution in [0.15, 0.2) is 24.3 Å². The van der Waals surface area contributed by atoms with E-state index in [1.165, 1.54) is 18.2 Å². The molecule has 0 N–H and O–H groups in total. The average Bonchev–Trinajstić information content (AvgIpc) is 1.99. The van der Waals surface area contributed by atoms with Crippen molar-refractivity contribution in [3.8, 4) is 5.75 Å². The standard InChI is InChI=1S/C8H7F3O3S/c9-8(10)14-7-3-1-2-6(4-7)5-15(11,12)13/h1-4,8H,5H2. The number of hydrogen-bond donors (Lipinski definition) is 0. The minimum Gasteiger partial charge on any atom is -0.435 e. The van der Waals surface area contributed by atoms with E-state index < -0.39 is 22.6 Å². The molecule has 1 rings (SSSR count). The third-order valence-corrected chi connectivity index (χ3v) is 2.14. The smallest absolute Gasteiger partial charge is 0.387 e. The van der Waals surface area contributed by atoms with Crippen LogP contribution in [0, 0.1) is 0 Å². The molecule has 15 heavy (non-hydrogen) atoms. The van der Waals surface area contributed by atoms with Gasteiger partial charge in [0, 0.05) is 0 Å². The number of benzene rings is 1. The molecule has 0 aromatic heterocycles. The van der Waals surface area contributed by atoms with Crippen molar-refractivity contribution in [1.29, 1.82) is 0 Å². The molecular weight excluding hydrogens is 233 g/mol. The van der Waals surface area contributed by atoms with Crippen LogP contribution < -0.4 is 4.74 Å². The highest BCUT2D eigenvalue weighted by molar-refractivity contribution is 7.85. The molecule has 7 heteroatoms. The van der Waals surface area contributed by atoms with Gasteiger partial charge in [-0.3, -0.25) is 0 Å². The molecule has 1 aromatic carbocycles. The Hall–Kier alpha value is -1.24. The molecule has 0 saturated heterocycles. The Bertz CT molecular complexity index is 431. The zero-order chi connectivity index (χ0) is 11.5. The van der Waals surface area contributed by atoms with Crippen LogP contribution in [0.5, 0.6) is 5.75 Å². The third-order valence-electron chi connectivity index (χ3n) is 1.46. The minimum atomic E-state index is -4.67. The largest absolute Gasteiger partial charge is 0.435 e. The normalized spacial score (nSPS) is 11.7. The van der Waals surface area contributed by atoms with Crippen molar-refractivity contribution in [2.75, 3.05) is 0 Å². The van der Waals surface area contributed by atoms with Crippen LogP contribution in [0.1, 0.15) is 5.56 Å². The number of alkyl halides is 2. The summed E-state index contributed by atoms with van der Waals surface area (Å²) in [6.07, 6.45) is 0. The fourth-order valence-corrected chi connectivity index (χ4v) is 1.59. The Morgan fingerprint density at radius 1 is 1.33 bits per heavy atom. The van der Waals surface area contributed by atoms with Crippen molar-refractivity contribution in [3.63, 3.8) is 0 Å². The van der Waals surface area contributed by atoms with Crippen LogP contribution in [-0.4, -0.2) is 15.0 Å². The van der Waals surface area contributed by atoms with E-state index >= 15 is 0 Å². The molecule has 0 unspecified atom stereocenters. The molecule has 84 valence electrons. The van der Waals surface area contributed by atoms with Crippen molar-refractivity contribution in [1.82, 2.24) is 0 Å². The molecule has 0 aliphatic carbocycles. The molecule has 0 bridgehead atoms. The molecule has 0 spiro atoms. The molecule has 0 atom stereocenters. The Labute approximate surface area is 84.7 Å². The van der Waals surface area contributed by atoms with Crippen molar-refractivity contribution in [2.24, 2.45) is 0 Å². The summed E-state index contributed by atoms with van der Waals surface area (Å²) < 4.78 is 60.4. The lowest BCUT2D eigenvalue weighted by Gasteiger charge is -2.05. The first-order valence-corrected chi connectivity index (χ1v) is 5.38. The molecule has 1 aromatic rings. The first-order chi connectivity index (χ1) is 6.87. The van der Waals surface area contributed by atoms with Crippen LogP contribution in [0.4, 0.5) is 12.7 Å². The maximum atomic E-state index is 12.3. The third kappa shape index (κ3) is 4.68. The second-order valence-corrected chi connectivity index (χ2v) is 4.08. The molecular formula is C8H7F3O3S. The molecule has 0 radical (unpaired) electrons. The van der Waals surface area contributed by atoms with Gasteiger partial charge >= 0.3 is 16.8 Å². The monoisotopic (exact) mass is 240 g/mol. The van der Waals surface area contributed by atoms with Crippen LogP contribution in [0.3, 0.4) is 0 Å². The summed E-state index contributed by atoms with van der Waals surface area (Å²) in [5, 5.41) is 0. The first kappa shape index (κ1) is 11.8. The maximum Gasteiger partial charge on any atom is 0.387 e. The second-order valence-electron chi connectivity index (χ2n) is 2.71. The summed E-state index contributed by atoms with van der Waals surface area (Å²) in [5.41, 5.74) is 0.0515. The summed E-state index contributed by atoms with van der Waals surface area (Å²) in [6.45, 7) is -3.00. The summed E-state index contributed by atoms with van der Waals surface area (Å²) in [6, 6.07) is 4.87. The molecule has 0 heterocycles. The van der Waals surface area contributed by atoms with Gasteiger partial charge in [0.1, 0.15) is 11.5 Å². The van der Waals surface area contributed by atoms with Crippen LogP contribution in [0.25, 0.3) is 0 Å². The summed E-state index contributed by atoms with van der Waals surface area (Å²) in [5.74, 6) is -1.06. The molecule has 0 aliphatic rings. The van der Waals surface area contributed by atoms with Gasteiger partial charge in [-0.15, -0.1) is 3.89 Å². The van der Waals surface area contributed by atoms with E-state index in [1.54, 1.807) is 0 Å². The van der Waals surface area contributed by atoms with Crippen molar-refractivity contribution in [2.45, 2.75) is 12.4 Å². The van der Waals surface area contributed by atoms with Gasteiger partial charge in [0.05, 0.1) is 0 Å². The fourth-order valence-electron chi connectivity index (χ4n) is 1.01. The molecule has 0 fully saturated rings. The lowest BCUT2D eigenvalue weighted by Crippen LogP contribution is -2.03. The van der Waals surface area contributed by atoms with Gasteiger partial charge in [0.15, 0.2) is 0 Å². The number of halogens is 3. The Balaban J connectivity index is 2.83. The predicted molar refractivity (Wildman–Crippen MR) is 46.8 cm³/mol. The van der Waals surface area contributed by atoms with E-state index in [4.69, 9.17) is 0 Å². The molecule has 0 amide bonds. The van der Waals surface area contributed by atoms with Gasteiger partial charge in [0.2, 0.25) is 0 Å². The molecule has 3 nitrogen and oxygen atoms in total. The van der Waals surface area contributed by atoms with Gasteiger partial charge < -0.3 is 4.74 Å². The van der Waals surface area contributed by atoms with Crippen LogP contribution >= 0.6 is 0 Å². The zero-order valence-electron chi connectivity index (χ0n) is 7.36. The van der Waals surface area contributed by atoms with E-state index in [0.717, 1.165) is 6.07 Å². The maximum absolute atomic E-state index is 12.3. The van der Waals surface area contributed by atoms with Gasteiger partial charge in [-0.2, -0.15) is 17.2 Å². The highest BCUT2D eigenvalue weighted by Gasteiger charge is 2.10. The molecule has 0 saturated carbocycles. The summed E-state index contributed by atoms with van der Waals surface area (Å²) in [4.78, 5) is 0. The SMILES string of the molecule is O=S(=O)(F)Cc1cccc(OC(F)F)c1. The van der Waals surface area contributed by atoms with Crippen molar-refractivity contribution >= 4 is 10.2 Å². The quantitative estimate of drug-likeness (QED) is 0.757. The fraction of sp³-hybridized carbons (Fsp3) is 0.250. The van der Waals surface area contributed by atoms with Crippen LogP contribution in [0.2, 0.25) is 0 Å². The lowest BCUT2D eigenvalue weighted by molar-refractivity contribution is -0.0498. The van der Waals surface area contributed by atoms with E-state index in [-0.39, 0.29) is 11.3 Å². The lowest BCUT2D eigenvalue weighted by atomic mass is 10.2. The Morgan fingerprint density at radius 3 is 2.53 bits per heavy atom. The molecule has 0 aliphatic heterocycles. The summed E-state index contributed by atoms with van der Waals surface area (Å²) in [7, 11) is -4.67. The average molecular weight is 240 g/mol. The van der Waals surface area contributed by atoms with E-state index in [0.29, 0.717) is 0 Å². The van der Waals surface area contributed by atoms with Crippen LogP contribution in [-0.2, 0) is 16.0 Å². The van der Waals surface area contributed by atoms with Gasteiger partial charge in [0.25, 0.3) is 0 Å². The van der Waals surface area contributed by atoms with E-state index in [2.05, 4.69) is 4.74 Å². The van der Waals surface area contributed by atoms with E-state index in [9.17, 15) is 21.1 Å². The van der Waals surface area contributed by atoms with Gasteiger partial charge in [-0.05, 0) is 17.7 Å². The Kier molecular flexibility index (Phi) is 3.57. The highest BCUT2D eigenvalue weighted by atomic mass is 32.3. The van der Waals surface area contributed by atoms with Crippen molar-refractivity contribution < 1.29 is 25.8 Å². The zero-order valence-corrected chi connectivity index (χ0v) is 8.18. The van der Waals surface area contributed by atoms with Gasteiger partial charge in [-0.25, -0.2) is 0 Å².